The van der Waals surface area contributed by atoms with Crippen molar-refractivity contribution in [3.05, 3.63) is 83.0 Å². The van der Waals surface area contributed by atoms with E-state index in [0.29, 0.717) is 5.02 Å². The molecule has 4 N–H and O–H groups in total. The van der Waals surface area contributed by atoms with E-state index < -0.39 is 0 Å². The first-order valence-corrected chi connectivity index (χ1v) is 8.86. The standard InChI is InChI=1S/C21H18ClN5.ClH/c22-17-8-9-20-19(10-17)16(11-25-26-21(23)24)13-27(20)12-15-6-3-5-14-4-1-2-7-18(14)15;/h1-11,13H,12H2,(H4,23,24,26);1H/b25-11+;. The zero-order chi connectivity index (χ0) is 18.8. The molecule has 1 aromatic heterocycles. The van der Waals surface area contributed by atoms with E-state index in [1.54, 1.807) is 6.21 Å². The minimum absolute atomic E-state index is 0. The molecule has 0 atom stereocenters. The van der Waals surface area contributed by atoms with E-state index in [-0.39, 0.29) is 18.4 Å². The van der Waals surface area contributed by atoms with Crippen molar-refractivity contribution in [2.24, 2.45) is 21.7 Å². The molecule has 0 spiro atoms. The van der Waals surface area contributed by atoms with Gasteiger partial charge in [-0.2, -0.15) is 5.10 Å². The highest BCUT2D eigenvalue weighted by molar-refractivity contribution is 6.31. The number of fused-ring (bicyclic) bond motifs is 2. The number of guanidine groups is 1. The Labute approximate surface area is 173 Å². The molecule has 0 unspecified atom stereocenters. The normalized spacial score (nSPS) is 11.0. The van der Waals surface area contributed by atoms with Crippen LogP contribution >= 0.6 is 24.0 Å². The van der Waals surface area contributed by atoms with E-state index in [1.165, 1.54) is 16.3 Å². The van der Waals surface area contributed by atoms with Gasteiger partial charge >= 0.3 is 0 Å². The number of hydrogen-bond donors (Lipinski definition) is 2. The Morgan fingerprint density at radius 1 is 1.00 bits per heavy atom. The maximum atomic E-state index is 6.20. The number of aromatic nitrogens is 1. The summed E-state index contributed by atoms with van der Waals surface area (Å²) in [6.07, 6.45) is 3.67. The van der Waals surface area contributed by atoms with E-state index in [0.717, 1.165) is 23.0 Å². The first-order chi connectivity index (χ1) is 13.1. The predicted molar refractivity (Wildman–Crippen MR) is 121 cm³/mol. The second-order valence-electron chi connectivity index (χ2n) is 6.28. The molecule has 0 saturated carbocycles. The van der Waals surface area contributed by atoms with Gasteiger partial charge in [-0.05, 0) is 34.5 Å². The minimum atomic E-state index is -0.0798. The molecule has 0 aliphatic rings. The van der Waals surface area contributed by atoms with Crippen LogP contribution in [0.5, 0.6) is 0 Å². The van der Waals surface area contributed by atoms with E-state index in [2.05, 4.69) is 57.2 Å². The zero-order valence-electron chi connectivity index (χ0n) is 14.9. The highest BCUT2D eigenvalue weighted by Gasteiger charge is 2.10. The van der Waals surface area contributed by atoms with Crippen molar-refractivity contribution in [3.63, 3.8) is 0 Å². The molecule has 0 bridgehead atoms. The van der Waals surface area contributed by atoms with E-state index in [1.807, 2.05) is 24.4 Å². The second kappa shape index (κ2) is 8.33. The maximum absolute atomic E-state index is 6.20. The maximum Gasteiger partial charge on any atom is 0.211 e. The van der Waals surface area contributed by atoms with Gasteiger partial charge in [0.25, 0.3) is 0 Å². The highest BCUT2D eigenvalue weighted by Crippen LogP contribution is 2.26. The van der Waals surface area contributed by atoms with E-state index >= 15 is 0 Å². The van der Waals surface area contributed by atoms with Crippen LogP contribution < -0.4 is 11.5 Å². The van der Waals surface area contributed by atoms with Gasteiger partial charge in [0, 0.05) is 34.2 Å². The van der Waals surface area contributed by atoms with Gasteiger partial charge < -0.3 is 16.0 Å². The SMILES string of the molecule is Cl.NC(N)=N/N=C/c1cn(Cc2cccc3ccccc23)c2ccc(Cl)cc12. The van der Waals surface area contributed by atoms with Crippen LogP contribution in [0, 0.1) is 0 Å². The molecule has 0 aliphatic carbocycles. The first-order valence-electron chi connectivity index (χ1n) is 8.49. The summed E-state index contributed by atoms with van der Waals surface area (Å²) in [7, 11) is 0. The fraction of sp³-hybridized carbons (Fsp3) is 0.0476. The first kappa shape index (κ1) is 19.7. The fourth-order valence-electron chi connectivity index (χ4n) is 3.30. The molecule has 0 amide bonds. The summed E-state index contributed by atoms with van der Waals surface area (Å²) in [5.74, 6) is -0.0798. The summed E-state index contributed by atoms with van der Waals surface area (Å²) in [6, 6.07) is 20.6. The van der Waals surface area contributed by atoms with Crippen molar-refractivity contribution >= 4 is 57.9 Å². The Morgan fingerprint density at radius 2 is 1.79 bits per heavy atom. The van der Waals surface area contributed by atoms with Crippen molar-refractivity contribution in [1.82, 2.24) is 4.57 Å². The Bertz CT molecular complexity index is 1180. The number of halogens is 2. The largest absolute Gasteiger partial charge is 0.369 e. The van der Waals surface area contributed by atoms with Crippen LogP contribution in [0.2, 0.25) is 5.02 Å². The minimum Gasteiger partial charge on any atom is -0.369 e. The third-order valence-electron chi connectivity index (χ3n) is 4.46. The smallest absolute Gasteiger partial charge is 0.211 e. The lowest BCUT2D eigenvalue weighted by molar-refractivity contribution is 0.842. The lowest BCUT2D eigenvalue weighted by atomic mass is 10.0. The van der Waals surface area contributed by atoms with Crippen LogP contribution in [-0.2, 0) is 6.54 Å². The molecule has 4 aromatic rings. The average molecular weight is 412 g/mol. The average Bonchev–Trinajstić information content (AvgIpc) is 2.98. The number of nitrogens with two attached hydrogens (primary N) is 2. The monoisotopic (exact) mass is 411 g/mol. The highest BCUT2D eigenvalue weighted by atomic mass is 35.5. The molecule has 4 rings (SSSR count). The molecule has 7 heteroatoms. The number of benzene rings is 3. The Morgan fingerprint density at radius 3 is 2.61 bits per heavy atom. The number of rotatable bonds is 4. The van der Waals surface area contributed by atoms with Crippen molar-refractivity contribution in [2.75, 3.05) is 0 Å². The van der Waals surface area contributed by atoms with Crippen molar-refractivity contribution in [1.29, 1.82) is 0 Å². The predicted octanol–water partition coefficient (Wildman–Crippen LogP) is 4.53. The summed E-state index contributed by atoms with van der Waals surface area (Å²) < 4.78 is 2.18. The second-order valence-corrected chi connectivity index (χ2v) is 6.72. The fourth-order valence-corrected chi connectivity index (χ4v) is 3.47. The van der Waals surface area contributed by atoms with Crippen LogP contribution in [0.3, 0.4) is 0 Å². The molecule has 1 heterocycles. The zero-order valence-corrected chi connectivity index (χ0v) is 16.5. The number of nitrogens with zero attached hydrogens (tertiary/aromatic N) is 3. The van der Waals surface area contributed by atoms with Gasteiger partial charge in [-0.15, -0.1) is 17.5 Å². The van der Waals surface area contributed by atoms with Gasteiger partial charge in [-0.3, -0.25) is 0 Å². The third-order valence-corrected chi connectivity index (χ3v) is 4.70. The van der Waals surface area contributed by atoms with Crippen LogP contribution in [0.1, 0.15) is 11.1 Å². The lowest BCUT2D eigenvalue weighted by Gasteiger charge is -2.09. The van der Waals surface area contributed by atoms with Crippen molar-refractivity contribution < 1.29 is 0 Å². The van der Waals surface area contributed by atoms with Crippen LogP contribution in [0.25, 0.3) is 21.7 Å². The topological polar surface area (TPSA) is 81.7 Å². The molecule has 0 radical (unpaired) electrons. The molecule has 5 nitrogen and oxygen atoms in total. The van der Waals surface area contributed by atoms with Gasteiger partial charge in [0.2, 0.25) is 5.96 Å². The molecule has 0 fully saturated rings. The molecule has 0 aliphatic heterocycles. The van der Waals surface area contributed by atoms with Gasteiger partial charge in [-0.1, -0.05) is 54.1 Å². The Hall–Kier alpha value is -3.02. The summed E-state index contributed by atoms with van der Waals surface area (Å²) in [6.45, 7) is 0.732. The molecule has 0 saturated heterocycles. The van der Waals surface area contributed by atoms with Gasteiger partial charge in [0.05, 0.1) is 6.21 Å². The summed E-state index contributed by atoms with van der Waals surface area (Å²) >= 11 is 6.20. The quantitative estimate of drug-likeness (QED) is 0.293. The molecule has 3 aromatic carbocycles. The van der Waals surface area contributed by atoms with Crippen LogP contribution in [-0.4, -0.2) is 16.7 Å². The van der Waals surface area contributed by atoms with E-state index in [4.69, 9.17) is 23.1 Å². The van der Waals surface area contributed by atoms with Crippen molar-refractivity contribution in [2.45, 2.75) is 6.54 Å². The summed E-state index contributed by atoms with van der Waals surface area (Å²) in [5, 5.41) is 11.8. The van der Waals surface area contributed by atoms with E-state index in [9.17, 15) is 0 Å². The summed E-state index contributed by atoms with van der Waals surface area (Å²) in [5.41, 5.74) is 13.9. The molecule has 142 valence electrons. The van der Waals surface area contributed by atoms with Gasteiger partial charge in [0.1, 0.15) is 0 Å². The number of hydrogen-bond acceptors (Lipinski definition) is 2. The summed E-state index contributed by atoms with van der Waals surface area (Å²) in [4.78, 5) is 0. The molecular formula is C21H19Cl2N5. The molecular weight excluding hydrogens is 393 g/mol. The van der Waals surface area contributed by atoms with Crippen LogP contribution in [0.4, 0.5) is 0 Å². The van der Waals surface area contributed by atoms with Gasteiger partial charge in [-0.25, -0.2) is 0 Å². The third kappa shape index (κ3) is 3.96. The molecule has 28 heavy (non-hydrogen) atoms. The van der Waals surface area contributed by atoms with Gasteiger partial charge in [0.15, 0.2) is 0 Å². The van der Waals surface area contributed by atoms with Crippen LogP contribution in [0.15, 0.2) is 77.1 Å². The lowest BCUT2D eigenvalue weighted by Crippen LogP contribution is -2.21. The van der Waals surface area contributed by atoms with Crippen molar-refractivity contribution in [3.8, 4) is 0 Å². The Balaban J connectivity index is 0.00000225. The Kier molecular flexibility index (Phi) is 5.87.